The molecule has 0 spiro atoms. The van der Waals surface area contributed by atoms with E-state index in [1.807, 2.05) is 18.2 Å². The van der Waals surface area contributed by atoms with E-state index < -0.39 is 0 Å². The van der Waals surface area contributed by atoms with Crippen LogP contribution < -0.4 is 15.4 Å². The summed E-state index contributed by atoms with van der Waals surface area (Å²) in [5.41, 5.74) is 0.803. The lowest BCUT2D eigenvalue weighted by Gasteiger charge is -2.08. The maximum absolute atomic E-state index is 5.80. The highest BCUT2D eigenvalue weighted by Gasteiger charge is 2.06. The zero-order chi connectivity index (χ0) is 13.8. The van der Waals surface area contributed by atoms with E-state index in [4.69, 9.17) is 16.3 Å². The Bertz CT molecular complexity index is 595. The first-order valence-corrected chi connectivity index (χ1v) is 6.49. The van der Waals surface area contributed by atoms with Crippen LogP contribution in [0.2, 0.25) is 5.28 Å². The lowest BCUT2D eigenvalue weighted by atomic mass is 10.3. The zero-order valence-electron chi connectivity index (χ0n) is 10.2. The molecule has 2 aromatic rings. The fourth-order valence-corrected chi connectivity index (χ4v) is 2.09. The fourth-order valence-electron chi connectivity index (χ4n) is 1.39. The molecular formula is C11H11BrClN5O. The Morgan fingerprint density at radius 2 is 1.95 bits per heavy atom. The molecule has 0 fully saturated rings. The molecule has 0 radical (unpaired) electrons. The number of halogens is 2. The van der Waals surface area contributed by atoms with Gasteiger partial charge in [-0.3, -0.25) is 0 Å². The van der Waals surface area contributed by atoms with Crippen LogP contribution >= 0.6 is 27.5 Å². The molecule has 100 valence electrons. The maximum atomic E-state index is 5.80. The number of anilines is 3. The molecule has 0 aliphatic heterocycles. The molecule has 1 heterocycles. The minimum Gasteiger partial charge on any atom is -0.496 e. The van der Waals surface area contributed by atoms with Gasteiger partial charge in [-0.05, 0) is 45.7 Å². The zero-order valence-corrected chi connectivity index (χ0v) is 12.6. The van der Waals surface area contributed by atoms with Crippen molar-refractivity contribution in [2.24, 2.45) is 0 Å². The number of nitrogens with one attached hydrogen (secondary N) is 2. The highest BCUT2D eigenvalue weighted by molar-refractivity contribution is 9.10. The predicted molar refractivity (Wildman–Crippen MR) is 78.4 cm³/mol. The number of aromatic nitrogens is 3. The summed E-state index contributed by atoms with van der Waals surface area (Å²) >= 11 is 9.21. The summed E-state index contributed by atoms with van der Waals surface area (Å²) in [6.45, 7) is 0. The average molecular weight is 345 g/mol. The smallest absolute Gasteiger partial charge is 0.233 e. The normalized spacial score (nSPS) is 10.1. The van der Waals surface area contributed by atoms with Crippen molar-refractivity contribution in [2.75, 3.05) is 24.8 Å². The number of rotatable bonds is 4. The predicted octanol–water partition coefficient (Wildman–Crippen LogP) is 3.08. The van der Waals surface area contributed by atoms with E-state index >= 15 is 0 Å². The third-order valence-electron chi connectivity index (χ3n) is 2.24. The third kappa shape index (κ3) is 3.45. The second kappa shape index (κ2) is 6.03. The number of benzene rings is 1. The van der Waals surface area contributed by atoms with Gasteiger partial charge in [-0.2, -0.15) is 15.0 Å². The van der Waals surface area contributed by atoms with Gasteiger partial charge in [0.15, 0.2) is 0 Å². The third-order valence-corrected chi connectivity index (χ3v) is 3.03. The summed E-state index contributed by atoms with van der Waals surface area (Å²) in [7, 11) is 3.32. The fraction of sp³-hybridized carbons (Fsp3) is 0.182. The van der Waals surface area contributed by atoms with Crippen molar-refractivity contribution in [3.63, 3.8) is 0 Å². The number of hydrogen-bond acceptors (Lipinski definition) is 6. The topological polar surface area (TPSA) is 72.0 Å². The minimum absolute atomic E-state index is 0.120. The van der Waals surface area contributed by atoms with Crippen LogP contribution in [-0.4, -0.2) is 29.1 Å². The Hall–Kier alpha value is -1.60. The number of methoxy groups -OCH3 is 1. The van der Waals surface area contributed by atoms with Crippen LogP contribution in [0.3, 0.4) is 0 Å². The first-order chi connectivity index (χ1) is 9.12. The lowest BCUT2D eigenvalue weighted by molar-refractivity contribution is 0.412. The van der Waals surface area contributed by atoms with Crippen LogP contribution in [0.25, 0.3) is 0 Å². The molecule has 6 nitrogen and oxygen atoms in total. The quantitative estimate of drug-likeness (QED) is 0.888. The van der Waals surface area contributed by atoms with Crippen LogP contribution in [0.4, 0.5) is 17.6 Å². The summed E-state index contributed by atoms with van der Waals surface area (Å²) in [5.74, 6) is 1.51. The van der Waals surface area contributed by atoms with Gasteiger partial charge in [0.25, 0.3) is 0 Å². The monoisotopic (exact) mass is 343 g/mol. The van der Waals surface area contributed by atoms with Crippen molar-refractivity contribution in [2.45, 2.75) is 0 Å². The summed E-state index contributed by atoms with van der Waals surface area (Å²) in [5, 5.41) is 5.97. The molecule has 0 atom stereocenters. The Balaban J connectivity index is 2.25. The highest BCUT2D eigenvalue weighted by Crippen LogP contribution is 2.28. The van der Waals surface area contributed by atoms with Crippen molar-refractivity contribution >= 4 is 45.1 Å². The van der Waals surface area contributed by atoms with Crippen molar-refractivity contribution in [3.8, 4) is 5.75 Å². The molecule has 8 heteroatoms. The first-order valence-electron chi connectivity index (χ1n) is 5.32. The van der Waals surface area contributed by atoms with Crippen molar-refractivity contribution in [1.29, 1.82) is 0 Å². The second-order valence-corrected chi connectivity index (χ2v) is 4.67. The van der Waals surface area contributed by atoms with Gasteiger partial charge in [0.2, 0.25) is 17.2 Å². The number of hydrogen-bond donors (Lipinski definition) is 2. The standard InChI is InChI=1S/C11H11BrClN5O/c1-14-10-16-9(13)17-11(18-10)15-6-3-4-8(19-2)7(12)5-6/h3-5H,1-2H3,(H2,14,15,16,17,18). The summed E-state index contributed by atoms with van der Waals surface area (Å²) < 4.78 is 5.99. The first kappa shape index (κ1) is 13.8. The molecule has 1 aromatic carbocycles. The van der Waals surface area contributed by atoms with Crippen molar-refractivity contribution in [1.82, 2.24) is 15.0 Å². The second-order valence-electron chi connectivity index (χ2n) is 3.48. The van der Waals surface area contributed by atoms with Gasteiger partial charge in [0.1, 0.15) is 5.75 Å². The van der Waals surface area contributed by atoms with E-state index in [-0.39, 0.29) is 5.28 Å². The summed E-state index contributed by atoms with van der Waals surface area (Å²) in [6, 6.07) is 5.53. The van der Waals surface area contributed by atoms with Gasteiger partial charge in [-0.25, -0.2) is 0 Å². The summed E-state index contributed by atoms with van der Waals surface area (Å²) in [4.78, 5) is 12.0. The molecule has 0 saturated carbocycles. The molecule has 0 aliphatic carbocycles. The molecule has 1 aromatic heterocycles. The minimum atomic E-state index is 0.120. The van der Waals surface area contributed by atoms with Gasteiger partial charge in [-0.15, -0.1) is 0 Å². The van der Waals surface area contributed by atoms with Crippen LogP contribution in [-0.2, 0) is 0 Å². The Labute approximate surface area is 123 Å². The lowest BCUT2D eigenvalue weighted by Crippen LogP contribution is -2.03. The molecular weight excluding hydrogens is 334 g/mol. The molecule has 19 heavy (non-hydrogen) atoms. The van der Waals surface area contributed by atoms with E-state index in [0.717, 1.165) is 15.9 Å². The van der Waals surface area contributed by atoms with E-state index in [1.165, 1.54) is 0 Å². The van der Waals surface area contributed by atoms with Crippen LogP contribution in [0.5, 0.6) is 5.75 Å². The Kier molecular flexibility index (Phi) is 4.39. The van der Waals surface area contributed by atoms with E-state index in [0.29, 0.717) is 11.9 Å². The van der Waals surface area contributed by atoms with Gasteiger partial charge < -0.3 is 15.4 Å². The van der Waals surface area contributed by atoms with E-state index in [9.17, 15) is 0 Å². The Morgan fingerprint density at radius 1 is 1.21 bits per heavy atom. The Morgan fingerprint density at radius 3 is 2.58 bits per heavy atom. The number of nitrogens with zero attached hydrogens (tertiary/aromatic N) is 3. The maximum Gasteiger partial charge on any atom is 0.233 e. The van der Waals surface area contributed by atoms with Gasteiger partial charge in [0.05, 0.1) is 11.6 Å². The molecule has 0 saturated heterocycles. The van der Waals surface area contributed by atoms with E-state index in [1.54, 1.807) is 14.2 Å². The molecule has 0 aliphatic rings. The molecule has 0 amide bonds. The van der Waals surface area contributed by atoms with Gasteiger partial charge in [-0.1, -0.05) is 0 Å². The van der Waals surface area contributed by atoms with Crippen LogP contribution in [0.15, 0.2) is 22.7 Å². The van der Waals surface area contributed by atoms with Crippen molar-refractivity contribution < 1.29 is 4.74 Å². The highest BCUT2D eigenvalue weighted by atomic mass is 79.9. The van der Waals surface area contributed by atoms with Crippen molar-refractivity contribution in [3.05, 3.63) is 28.0 Å². The largest absolute Gasteiger partial charge is 0.496 e. The van der Waals surface area contributed by atoms with Crippen LogP contribution in [0, 0.1) is 0 Å². The summed E-state index contributed by atoms with van der Waals surface area (Å²) in [6.07, 6.45) is 0. The average Bonchev–Trinajstić information content (AvgIpc) is 2.38. The van der Waals surface area contributed by atoms with Gasteiger partial charge in [0, 0.05) is 12.7 Å². The SMILES string of the molecule is CNc1nc(Cl)nc(Nc2ccc(OC)c(Br)c2)n1. The number of ether oxygens (including phenoxy) is 1. The molecule has 0 bridgehead atoms. The molecule has 2 rings (SSSR count). The molecule has 2 N–H and O–H groups in total. The van der Waals surface area contributed by atoms with Gasteiger partial charge >= 0.3 is 0 Å². The van der Waals surface area contributed by atoms with E-state index in [2.05, 4.69) is 41.5 Å². The van der Waals surface area contributed by atoms with Crippen LogP contribution in [0.1, 0.15) is 0 Å². The molecule has 0 unspecified atom stereocenters.